The van der Waals surface area contributed by atoms with Crippen molar-refractivity contribution in [3.05, 3.63) is 46.2 Å². The summed E-state index contributed by atoms with van der Waals surface area (Å²) in [6.07, 6.45) is 0.821. The fourth-order valence-corrected chi connectivity index (χ4v) is 3.16. The van der Waals surface area contributed by atoms with Gasteiger partial charge in [-0.05, 0) is 42.5 Å². The van der Waals surface area contributed by atoms with E-state index in [0.717, 1.165) is 12.0 Å². The molecule has 1 aromatic heterocycles. The first-order valence-electron chi connectivity index (χ1n) is 7.75. The Morgan fingerprint density at radius 2 is 2.29 bits per heavy atom. The normalized spacial score (nSPS) is 14.1. The van der Waals surface area contributed by atoms with Crippen LogP contribution in [0.2, 0.25) is 0 Å². The van der Waals surface area contributed by atoms with Crippen molar-refractivity contribution < 1.29 is 14.3 Å². The van der Waals surface area contributed by atoms with Gasteiger partial charge in [0.15, 0.2) is 6.61 Å². The lowest BCUT2D eigenvalue weighted by atomic mass is 10.1. The second-order valence-corrected chi connectivity index (χ2v) is 6.58. The highest BCUT2D eigenvalue weighted by molar-refractivity contribution is 7.09. The standard InChI is InChI=1S/C17H19N3O3S/c1-11(19-17(22)18-7-6-13-3-2-8-24-13)12-4-5-15-14(9-12)20-16(21)10-23-15/h2-5,8-9,11H,6-7,10H2,1H3,(H,20,21)(H2,18,19,22). The summed E-state index contributed by atoms with van der Waals surface area (Å²) in [4.78, 5) is 24.6. The predicted octanol–water partition coefficient (Wildman–Crippen LogP) is 2.68. The summed E-state index contributed by atoms with van der Waals surface area (Å²) in [5.74, 6) is 0.470. The first kappa shape index (κ1) is 16.3. The van der Waals surface area contributed by atoms with E-state index < -0.39 is 0 Å². The Kier molecular flexibility index (Phi) is 5.00. The molecule has 6 nitrogen and oxygen atoms in total. The first-order chi connectivity index (χ1) is 11.6. The van der Waals surface area contributed by atoms with Crippen molar-refractivity contribution in [2.24, 2.45) is 0 Å². The van der Waals surface area contributed by atoms with Gasteiger partial charge < -0.3 is 20.7 Å². The quantitative estimate of drug-likeness (QED) is 0.779. The number of rotatable bonds is 5. The largest absolute Gasteiger partial charge is 0.482 e. The lowest BCUT2D eigenvalue weighted by molar-refractivity contribution is -0.118. The summed E-state index contributed by atoms with van der Waals surface area (Å²) >= 11 is 1.68. The molecule has 1 aliphatic heterocycles. The zero-order valence-electron chi connectivity index (χ0n) is 13.3. The molecule has 0 saturated carbocycles. The molecule has 0 bridgehead atoms. The maximum absolute atomic E-state index is 12.0. The van der Waals surface area contributed by atoms with Gasteiger partial charge in [0.25, 0.3) is 5.91 Å². The fourth-order valence-electron chi connectivity index (χ4n) is 2.46. The Hall–Kier alpha value is -2.54. The number of hydrogen-bond donors (Lipinski definition) is 3. The van der Waals surface area contributed by atoms with Crippen LogP contribution in [-0.4, -0.2) is 25.1 Å². The molecule has 3 N–H and O–H groups in total. The van der Waals surface area contributed by atoms with E-state index in [0.29, 0.717) is 18.0 Å². The molecular formula is C17H19N3O3S. The summed E-state index contributed by atoms with van der Waals surface area (Å²) in [7, 11) is 0. The van der Waals surface area contributed by atoms with Gasteiger partial charge in [0, 0.05) is 11.4 Å². The molecule has 2 heterocycles. The third-order valence-electron chi connectivity index (χ3n) is 3.72. The molecule has 1 unspecified atom stereocenters. The second kappa shape index (κ2) is 7.35. The molecule has 24 heavy (non-hydrogen) atoms. The van der Waals surface area contributed by atoms with Gasteiger partial charge in [-0.15, -0.1) is 11.3 Å². The molecule has 1 atom stereocenters. The number of anilines is 1. The lowest BCUT2D eigenvalue weighted by Gasteiger charge is -2.21. The molecule has 7 heteroatoms. The third kappa shape index (κ3) is 4.05. The summed E-state index contributed by atoms with van der Waals surface area (Å²) in [6, 6.07) is 9.16. The third-order valence-corrected chi connectivity index (χ3v) is 4.66. The molecule has 1 aliphatic rings. The SMILES string of the molecule is CC(NC(=O)NCCc1cccs1)c1ccc2c(c1)NC(=O)CO2. The van der Waals surface area contributed by atoms with Crippen LogP contribution in [0.25, 0.3) is 0 Å². The predicted molar refractivity (Wildman–Crippen MR) is 93.5 cm³/mol. The Morgan fingerprint density at radius 1 is 1.42 bits per heavy atom. The van der Waals surface area contributed by atoms with Crippen LogP contribution in [0.5, 0.6) is 5.75 Å². The van der Waals surface area contributed by atoms with Crippen molar-refractivity contribution in [2.75, 3.05) is 18.5 Å². The van der Waals surface area contributed by atoms with Crippen LogP contribution in [0, 0.1) is 0 Å². The van der Waals surface area contributed by atoms with Gasteiger partial charge in [-0.1, -0.05) is 12.1 Å². The van der Waals surface area contributed by atoms with Crippen molar-refractivity contribution in [1.29, 1.82) is 0 Å². The monoisotopic (exact) mass is 345 g/mol. The van der Waals surface area contributed by atoms with E-state index in [2.05, 4.69) is 22.0 Å². The average Bonchev–Trinajstić information content (AvgIpc) is 3.07. The Morgan fingerprint density at radius 3 is 3.08 bits per heavy atom. The highest BCUT2D eigenvalue weighted by Crippen LogP contribution is 2.30. The molecule has 0 saturated heterocycles. The molecular weight excluding hydrogens is 326 g/mol. The number of fused-ring (bicyclic) bond motifs is 1. The van der Waals surface area contributed by atoms with Crippen molar-refractivity contribution in [1.82, 2.24) is 10.6 Å². The lowest BCUT2D eigenvalue weighted by Crippen LogP contribution is -2.38. The minimum atomic E-state index is -0.211. The smallest absolute Gasteiger partial charge is 0.315 e. The van der Waals surface area contributed by atoms with Gasteiger partial charge >= 0.3 is 6.03 Å². The summed E-state index contributed by atoms with van der Waals surface area (Å²) in [5, 5.41) is 10.5. The fraction of sp³-hybridized carbons (Fsp3) is 0.294. The zero-order chi connectivity index (χ0) is 16.9. The zero-order valence-corrected chi connectivity index (χ0v) is 14.1. The maximum atomic E-state index is 12.0. The van der Waals surface area contributed by atoms with Gasteiger partial charge in [-0.2, -0.15) is 0 Å². The van der Waals surface area contributed by atoms with Gasteiger partial charge in [-0.25, -0.2) is 4.79 Å². The number of urea groups is 1. The van der Waals surface area contributed by atoms with Gasteiger partial charge in [0.05, 0.1) is 11.7 Å². The molecule has 0 aliphatic carbocycles. The number of hydrogen-bond acceptors (Lipinski definition) is 4. The minimum Gasteiger partial charge on any atom is -0.482 e. The van der Waals surface area contributed by atoms with Crippen molar-refractivity contribution >= 4 is 29.0 Å². The number of amides is 3. The van der Waals surface area contributed by atoms with Crippen molar-refractivity contribution in [3.63, 3.8) is 0 Å². The highest BCUT2D eigenvalue weighted by atomic mass is 32.1. The van der Waals surface area contributed by atoms with Crippen LogP contribution >= 0.6 is 11.3 Å². The van der Waals surface area contributed by atoms with Crippen molar-refractivity contribution in [2.45, 2.75) is 19.4 Å². The van der Waals surface area contributed by atoms with Crippen LogP contribution in [0.3, 0.4) is 0 Å². The van der Waals surface area contributed by atoms with E-state index in [1.165, 1.54) is 4.88 Å². The number of carbonyl (C=O) groups excluding carboxylic acids is 2. The topological polar surface area (TPSA) is 79.5 Å². The Balaban J connectivity index is 1.52. The summed E-state index contributed by atoms with van der Waals surface area (Å²) in [5.41, 5.74) is 1.53. The molecule has 3 rings (SSSR count). The van der Waals surface area contributed by atoms with Crippen LogP contribution in [0.1, 0.15) is 23.4 Å². The molecule has 0 fully saturated rings. The summed E-state index contributed by atoms with van der Waals surface area (Å²) < 4.78 is 5.33. The van der Waals surface area contributed by atoms with Crippen LogP contribution < -0.4 is 20.7 Å². The second-order valence-electron chi connectivity index (χ2n) is 5.54. The number of thiophene rings is 1. The van der Waals surface area contributed by atoms with Gasteiger partial charge in [0.1, 0.15) is 5.75 Å². The van der Waals surface area contributed by atoms with E-state index in [9.17, 15) is 9.59 Å². The Bertz CT molecular complexity index is 731. The molecule has 1 aromatic carbocycles. The Labute approximate surface area is 144 Å². The van der Waals surface area contributed by atoms with Gasteiger partial charge in [-0.3, -0.25) is 4.79 Å². The minimum absolute atomic E-state index is 0.0345. The average molecular weight is 345 g/mol. The molecule has 0 spiro atoms. The van der Waals surface area contributed by atoms with Crippen LogP contribution in [-0.2, 0) is 11.2 Å². The number of nitrogens with one attached hydrogen (secondary N) is 3. The van der Waals surface area contributed by atoms with E-state index in [1.807, 2.05) is 30.5 Å². The van der Waals surface area contributed by atoms with E-state index in [1.54, 1.807) is 17.4 Å². The number of benzene rings is 1. The molecule has 2 aromatic rings. The first-order valence-corrected chi connectivity index (χ1v) is 8.63. The van der Waals surface area contributed by atoms with Crippen molar-refractivity contribution in [3.8, 4) is 5.75 Å². The molecule has 126 valence electrons. The molecule has 3 amide bonds. The molecule has 0 radical (unpaired) electrons. The van der Waals surface area contributed by atoms with Crippen LogP contribution in [0.15, 0.2) is 35.7 Å². The highest BCUT2D eigenvalue weighted by Gasteiger charge is 2.18. The van der Waals surface area contributed by atoms with E-state index in [4.69, 9.17) is 4.74 Å². The van der Waals surface area contributed by atoms with Crippen LogP contribution in [0.4, 0.5) is 10.5 Å². The van der Waals surface area contributed by atoms with Gasteiger partial charge in [0.2, 0.25) is 0 Å². The summed E-state index contributed by atoms with van der Waals surface area (Å²) in [6.45, 7) is 2.52. The maximum Gasteiger partial charge on any atom is 0.315 e. The number of carbonyl (C=O) groups is 2. The van der Waals surface area contributed by atoms with E-state index in [-0.39, 0.29) is 24.6 Å². The number of ether oxygens (including phenoxy) is 1. The van der Waals surface area contributed by atoms with E-state index >= 15 is 0 Å².